The Bertz CT molecular complexity index is 228. The number of hydrogen-bond donors (Lipinski definition) is 1. The van der Waals surface area contributed by atoms with Gasteiger partial charge in [-0.1, -0.05) is 18.9 Å². The maximum atomic E-state index is 10.9. The minimum absolute atomic E-state index is 0.508. The van der Waals surface area contributed by atoms with E-state index in [1.54, 1.807) is 0 Å². The Morgan fingerprint density at radius 2 is 2.23 bits per heavy atom. The van der Waals surface area contributed by atoms with Gasteiger partial charge in [0.2, 0.25) is 0 Å². The molecule has 0 aromatic carbocycles. The van der Waals surface area contributed by atoms with Gasteiger partial charge in [-0.3, -0.25) is 0 Å². The van der Waals surface area contributed by atoms with E-state index < -0.39 is 5.97 Å². The molecule has 0 spiro atoms. The molecule has 0 aliphatic heterocycles. The van der Waals surface area contributed by atoms with Crippen LogP contribution in [0.25, 0.3) is 0 Å². The first-order valence-corrected chi connectivity index (χ1v) is 5.09. The van der Waals surface area contributed by atoms with Crippen LogP contribution in [-0.4, -0.2) is 11.1 Å². The first-order chi connectivity index (χ1) is 6.16. The number of aliphatic carboxylic acids is 1. The van der Waals surface area contributed by atoms with Crippen molar-refractivity contribution >= 4 is 5.97 Å². The highest BCUT2D eigenvalue weighted by Crippen LogP contribution is 2.30. The highest BCUT2D eigenvalue weighted by Gasteiger charge is 2.20. The van der Waals surface area contributed by atoms with Gasteiger partial charge in [-0.2, -0.15) is 0 Å². The molecule has 0 saturated carbocycles. The maximum Gasteiger partial charge on any atom is 0.331 e. The Kier molecular flexibility index (Phi) is 3.52. The lowest BCUT2D eigenvalue weighted by Gasteiger charge is -2.14. The molecule has 2 nitrogen and oxygen atoms in total. The van der Waals surface area contributed by atoms with Crippen molar-refractivity contribution in [2.24, 2.45) is 5.92 Å². The molecule has 1 aliphatic rings. The fourth-order valence-corrected chi connectivity index (χ4v) is 2.14. The van der Waals surface area contributed by atoms with Gasteiger partial charge in [0.15, 0.2) is 0 Å². The van der Waals surface area contributed by atoms with Crippen molar-refractivity contribution in [1.82, 2.24) is 0 Å². The zero-order chi connectivity index (χ0) is 9.84. The molecule has 2 heteroatoms. The summed E-state index contributed by atoms with van der Waals surface area (Å²) in [6.45, 7) is 4.13. The summed E-state index contributed by atoms with van der Waals surface area (Å²) in [6, 6.07) is 0. The van der Waals surface area contributed by atoms with Gasteiger partial charge in [-0.15, -0.1) is 0 Å². The maximum absolute atomic E-state index is 10.9. The third kappa shape index (κ3) is 2.33. The number of carboxylic acid groups (broad SMARTS) is 1. The van der Waals surface area contributed by atoms with Crippen LogP contribution in [0.4, 0.5) is 0 Å². The van der Waals surface area contributed by atoms with Crippen LogP contribution in [0.1, 0.15) is 46.0 Å². The van der Waals surface area contributed by atoms with Crippen LogP contribution < -0.4 is 0 Å². The lowest BCUT2D eigenvalue weighted by Crippen LogP contribution is -2.07. The molecule has 1 aliphatic carbocycles. The van der Waals surface area contributed by atoms with Crippen LogP contribution in [0, 0.1) is 5.92 Å². The predicted octanol–water partition coefficient (Wildman–Crippen LogP) is 2.99. The Morgan fingerprint density at radius 1 is 1.54 bits per heavy atom. The normalized spacial score (nSPS) is 24.3. The molecule has 1 unspecified atom stereocenters. The van der Waals surface area contributed by atoms with Crippen LogP contribution in [0.2, 0.25) is 0 Å². The number of carbonyl (C=O) groups is 1. The van der Waals surface area contributed by atoms with E-state index in [1.165, 1.54) is 12.8 Å². The number of allylic oxidation sites excluding steroid dienone is 1. The quantitative estimate of drug-likeness (QED) is 0.712. The van der Waals surface area contributed by atoms with Gasteiger partial charge in [-0.25, -0.2) is 4.79 Å². The van der Waals surface area contributed by atoms with Gasteiger partial charge < -0.3 is 5.11 Å². The van der Waals surface area contributed by atoms with E-state index in [4.69, 9.17) is 5.11 Å². The molecule has 1 rings (SSSR count). The van der Waals surface area contributed by atoms with Gasteiger partial charge >= 0.3 is 5.97 Å². The zero-order valence-electron chi connectivity index (χ0n) is 8.47. The molecule has 1 N–H and O–H groups in total. The highest BCUT2D eigenvalue weighted by atomic mass is 16.4. The van der Waals surface area contributed by atoms with Crippen LogP contribution >= 0.6 is 0 Å². The Labute approximate surface area is 79.6 Å². The fraction of sp³-hybridized carbons (Fsp3) is 0.727. The van der Waals surface area contributed by atoms with E-state index in [0.29, 0.717) is 11.5 Å². The minimum Gasteiger partial charge on any atom is -0.478 e. The molecular weight excluding hydrogens is 164 g/mol. The molecule has 1 atom stereocenters. The van der Waals surface area contributed by atoms with Crippen molar-refractivity contribution < 1.29 is 9.90 Å². The van der Waals surface area contributed by atoms with E-state index in [1.807, 2.05) is 6.92 Å². The molecule has 0 saturated heterocycles. The van der Waals surface area contributed by atoms with Gasteiger partial charge in [0.05, 0.1) is 0 Å². The molecule has 0 radical (unpaired) electrons. The summed E-state index contributed by atoms with van der Waals surface area (Å²) in [5.41, 5.74) is 1.79. The zero-order valence-corrected chi connectivity index (χ0v) is 8.47. The van der Waals surface area contributed by atoms with E-state index in [-0.39, 0.29) is 0 Å². The van der Waals surface area contributed by atoms with Crippen molar-refractivity contribution in [2.45, 2.75) is 46.0 Å². The van der Waals surface area contributed by atoms with Crippen molar-refractivity contribution in [3.05, 3.63) is 11.1 Å². The molecule has 0 aromatic rings. The van der Waals surface area contributed by atoms with E-state index in [2.05, 4.69) is 6.92 Å². The predicted molar refractivity (Wildman–Crippen MR) is 52.6 cm³/mol. The van der Waals surface area contributed by atoms with Crippen molar-refractivity contribution in [2.75, 3.05) is 0 Å². The van der Waals surface area contributed by atoms with Crippen LogP contribution in [0.15, 0.2) is 11.1 Å². The number of rotatable bonds is 2. The Balaban J connectivity index is 2.90. The van der Waals surface area contributed by atoms with Crippen molar-refractivity contribution in [3.63, 3.8) is 0 Å². The average molecular weight is 182 g/mol. The SMILES string of the molecule is CCC1CCCCC(C(=O)O)=C1C. The van der Waals surface area contributed by atoms with Crippen molar-refractivity contribution in [3.8, 4) is 0 Å². The van der Waals surface area contributed by atoms with E-state index in [9.17, 15) is 4.79 Å². The largest absolute Gasteiger partial charge is 0.478 e. The molecule has 0 amide bonds. The molecular formula is C11H18O2. The topological polar surface area (TPSA) is 37.3 Å². The number of carboxylic acids is 1. The summed E-state index contributed by atoms with van der Waals surface area (Å²) in [5, 5.41) is 8.99. The molecule has 0 fully saturated rings. The lowest BCUT2D eigenvalue weighted by atomic mass is 9.91. The van der Waals surface area contributed by atoms with Gasteiger partial charge in [-0.05, 0) is 38.5 Å². The summed E-state index contributed by atoms with van der Waals surface area (Å²) < 4.78 is 0. The highest BCUT2D eigenvalue weighted by molar-refractivity contribution is 5.87. The first kappa shape index (κ1) is 10.3. The van der Waals surface area contributed by atoms with Crippen LogP contribution in [0.5, 0.6) is 0 Å². The lowest BCUT2D eigenvalue weighted by molar-refractivity contribution is -0.132. The van der Waals surface area contributed by atoms with Gasteiger partial charge in [0.25, 0.3) is 0 Å². The second-order valence-corrected chi connectivity index (χ2v) is 3.82. The Morgan fingerprint density at radius 3 is 2.77 bits per heavy atom. The Hall–Kier alpha value is -0.790. The smallest absolute Gasteiger partial charge is 0.331 e. The minimum atomic E-state index is -0.710. The first-order valence-electron chi connectivity index (χ1n) is 5.09. The molecule has 74 valence electrons. The second kappa shape index (κ2) is 4.45. The number of hydrogen-bond acceptors (Lipinski definition) is 1. The van der Waals surface area contributed by atoms with Crippen LogP contribution in [-0.2, 0) is 4.79 Å². The van der Waals surface area contributed by atoms with E-state index in [0.717, 1.165) is 24.8 Å². The summed E-state index contributed by atoms with van der Waals surface area (Å²) in [5.74, 6) is -0.202. The van der Waals surface area contributed by atoms with Gasteiger partial charge in [0.1, 0.15) is 0 Å². The average Bonchev–Trinajstić information content (AvgIpc) is 2.26. The third-order valence-corrected chi connectivity index (χ3v) is 3.07. The van der Waals surface area contributed by atoms with Gasteiger partial charge in [0, 0.05) is 5.57 Å². The summed E-state index contributed by atoms with van der Waals surface area (Å²) in [6.07, 6.45) is 5.21. The second-order valence-electron chi connectivity index (χ2n) is 3.82. The molecule has 0 aromatic heterocycles. The fourth-order valence-electron chi connectivity index (χ4n) is 2.14. The monoisotopic (exact) mass is 182 g/mol. The van der Waals surface area contributed by atoms with Crippen molar-refractivity contribution in [1.29, 1.82) is 0 Å². The molecule has 13 heavy (non-hydrogen) atoms. The third-order valence-electron chi connectivity index (χ3n) is 3.07. The van der Waals surface area contributed by atoms with E-state index >= 15 is 0 Å². The summed E-state index contributed by atoms with van der Waals surface area (Å²) in [7, 11) is 0. The molecule has 0 bridgehead atoms. The summed E-state index contributed by atoms with van der Waals surface area (Å²) >= 11 is 0. The summed E-state index contributed by atoms with van der Waals surface area (Å²) in [4.78, 5) is 10.9. The van der Waals surface area contributed by atoms with Crippen LogP contribution in [0.3, 0.4) is 0 Å². The standard InChI is InChI=1S/C11H18O2/c1-3-9-6-4-5-7-10(8(9)2)11(12)13/h9H,3-7H2,1-2H3,(H,12,13). The molecule has 0 heterocycles.